The van der Waals surface area contributed by atoms with Crippen LogP contribution >= 0.6 is 0 Å². The molecule has 0 heterocycles. The fourth-order valence-corrected chi connectivity index (χ4v) is 0.858. The first-order valence-electron chi connectivity index (χ1n) is 3.27. The number of rotatable bonds is 1. The molecule has 0 aliphatic carbocycles. The van der Waals surface area contributed by atoms with Crippen molar-refractivity contribution in [1.29, 1.82) is 0 Å². The van der Waals surface area contributed by atoms with E-state index in [4.69, 9.17) is 5.84 Å². The third kappa shape index (κ3) is 1.70. The Morgan fingerprint density at radius 1 is 1.55 bits per heavy atom. The molecule has 1 rings (SSSR count). The standard InChI is InChI=1S/C8H10N2O/c1-6-2-3-8(11)7(4-6)5-10-9/h2-5,11H,9H2,1H3. The van der Waals surface area contributed by atoms with Crippen LogP contribution in [0.15, 0.2) is 23.3 Å². The SMILES string of the molecule is Cc1ccc(O)c(C=NN)c1. The van der Waals surface area contributed by atoms with Crippen molar-refractivity contribution in [3.05, 3.63) is 29.3 Å². The van der Waals surface area contributed by atoms with E-state index in [0.717, 1.165) is 5.56 Å². The molecule has 0 radical (unpaired) electrons. The molecule has 58 valence electrons. The monoisotopic (exact) mass is 150 g/mol. The van der Waals surface area contributed by atoms with Crippen LogP contribution in [-0.4, -0.2) is 11.3 Å². The molecular weight excluding hydrogens is 140 g/mol. The van der Waals surface area contributed by atoms with E-state index in [9.17, 15) is 5.11 Å². The van der Waals surface area contributed by atoms with Crippen LogP contribution in [0.4, 0.5) is 0 Å². The molecule has 3 heteroatoms. The second-order valence-corrected chi connectivity index (χ2v) is 2.34. The first-order chi connectivity index (χ1) is 5.24. The Labute approximate surface area is 65.2 Å². The maximum atomic E-state index is 9.22. The van der Waals surface area contributed by atoms with Gasteiger partial charge in [-0.2, -0.15) is 5.10 Å². The zero-order valence-electron chi connectivity index (χ0n) is 6.28. The molecule has 0 aromatic heterocycles. The van der Waals surface area contributed by atoms with Gasteiger partial charge in [0.1, 0.15) is 5.75 Å². The molecule has 3 nitrogen and oxygen atoms in total. The summed E-state index contributed by atoms with van der Waals surface area (Å²) >= 11 is 0. The Kier molecular flexibility index (Phi) is 2.11. The number of nitrogens with two attached hydrogens (primary N) is 1. The maximum Gasteiger partial charge on any atom is 0.124 e. The molecule has 11 heavy (non-hydrogen) atoms. The summed E-state index contributed by atoms with van der Waals surface area (Å²) in [5.74, 6) is 5.14. The first kappa shape index (κ1) is 7.60. The minimum Gasteiger partial charge on any atom is -0.507 e. The van der Waals surface area contributed by atoms with Crippen LogP contribution in [0.1, 0.15) is 11.1 Å². The van der Waals surface area contributed by atoms with Crippen molar-refractivity contribution in [3.63, 3.8) is 0 Å². The first-order valence-corrected chi connectivity index (χ1v) is 3.27. The predicted octanol–water partition coefficient (Wildman–Crippen LogP) is 0.993. The molecule has 3 N–H and O–H groups in total. The van der Waals surface area contributed by atoms with E-state index in [1.54, 1.807) is 6.07 Å². The molecule has 0 aliphatic heterocycles. The zero-order chi connectivity index (χ0) is 8.27. The molecule has 0 fully saturated rings. The fourth-order valence-electron chi connectivity index (χ4n) is 0.858. The molecule has 0 amide bonds. The van der Waals surface area contributed by atoms with Crippen molar-refractivity contribution in [1.82, 2.24) is 0 Å². The number of phenols is 1. The van der Waals surface area contributed by atoms with Crippen LogP contribution in [0.5, 0.6) is 5.75 Å². The highest BCUT2D eigenvalue weighted by atomic mass is 16.3. The molecule has 0 saturated carbocycles. The lowest BCUT2D eigenvalue weighted by Gasteiger charge is -1.98. The van der Waals surface area contributed by atoms with Gasteiger partial charge in [0.05, 0.1) is 6.21 Å². The Morgan fingerprint density at radius 3 is 2.91 bits per heavy atom. The normalized spacial score (nSPS) is 10.6. The molecule has 0 aliphatic rings. The van der Waals surface area contributed by atoms with E-state index in [2.05, 4.69) is 5.10 Å². The smallest absolute Gasteiger partial charge is 0.124 e. The molecule has 0 atom stereocenters. The quantitative estimate of drug-likeness (QED) is 0.356. The van der Waals surface area contributed by atoms with Gasteiger partial charge in [-0.1, -0.05) is 11.6 Å². The van der Waals surface area contributed by atoms with E-state index >= 15 is 0 Å². The van der Waals surface area contributed by atoms with Gasteiger partial charge in [0.2, 0.25) is 0 Å². The number of aryl methyl sites for hydroxylation is 1. The van der Waals surface area contributed by atoms with Gasteiger partial charge in [-0.3, -0.25) is 0 Å². The second-order valence-electron chi connectivity index (χ2n) is 2.34. The van der Waals surface area contributed by atoms with E-state index in [0.29, 0.717) is 5.56 Å². The molecule has 1 aromatic rings. The van der Waals surface area contributed by atoms with Crippen LogP contribution in [0.3, 0.4) is 0 Å². The van der Waals surface area contributed by atoms with Crippen LogP contribution in [-0.2, 0) is 0 Å². The molecule has 0 unspecified atom stereocenters. The van der Waals surface area contributed by atoms with Gasteiger partial charge < -0.3 is 10.9 Å². The van der Waals surface area contributed by atoms with Crippen molar-refractivity contribution in [3.8, 4) is 5.75 Å². The lowest BCUT2D eigenvalue weighted by atomic mass is 10.1. The van der Waals surface area contributed by atoms with Crippen LogP contribution in [0.2, 0.25) is 0 Å². The van der Waals surface area contributed by atoms with Gasteiger partial charge in [-0.05, 0) is 19.1 Å². The maximum absolute atomic E-state index is 9.22. The number of nitrogens with zero attached hydrogens (tertiary/aromatic N) is 1. The van der Waals surface area contributed by atoms with E-state index in [1.807, 2.05) is 19.1 Å². The van der Waals surface area contributed by atoms with Crippen LogP contribution < -0.4 is 5.84 Å². The Morgan fingerprint density at radius 2 is 2.27 bits per heavy atom. The summed E-state index contributed by atoms with van der Waals surface area (Å²) in [6.07, 6.45) is 1.42. The summed E-state index contributed by atoms with van der Waals surface area (Å²) < 4.78 is 0. The van der Waals surface area contributed by atoms with Crippen molar-refractivity contribution in [2.45, 2.75) is 6.92 Å². The summed E-state index contributed by atoms with van der Waals surface area (Å²) in [6, 6.07) is 5.25. The van der Waals surface area contributed by atoms with E-state index < -0.39 is 0 Å². The number of hydrogen-bond donors (Lipinski definition) is 2. The highest BCUT2D eigenvalue weighted by Crippen LogP contribution is 2.15. The molecule has 0 bridgehead atoms. The molecule has 0 saturated heterocycles. The van der Waals surface area contributed by atoms with Gasteiger partial charge in [0.25, 0.3) is 0 Å². The summed E-state index contributed by atoms with van der Waals surface area (Å²) in [4.78, 5) is 0. The summed E-state index contributed by atoms with van der Waals surface area (Å²) in [5, 5.41) is 12.5. The Hall–Kier alpha value is -1.51. The van der Waals surface area contributed by atoms with Crippen molar-refractivity contribution in [2.24, 2.45) is 10.9 Å². The number of benzene rings is 1. The van der Waals surface area contributed by atoms with E-state index in [-0.39, 0.29) is 5.75 Å². The largest absolute Gasteiger partial charge is 0.507 e. The summed E-state index contributed by atoms with van der Waals surface area (Å²) in [6.45, 7) is 1.94. The number of hydrogen-bond acceptors (Lipinski definition) is 3. The van der Waals surface area contributed by atoms with Crippen molar-refractivity contribution >= 4 is 6.21 Å². The highest BCUT2D eigenvalue weighted by Gasteiger charge is 1.96. The third-order valence-corrected chi connectivity index (χ3v) is 1.40. The molecule has 0 spiro atoms. The van der Waals surface area contributed by atoms with Crippen molar-refractivity contribution < 1.29 is 5.11 Å². The minimum absolute atomic E-state index is 0.199. The van der Waals surface area contributed by atoms with Gasteiger partial charge in [0, 0.05) is 5.56 Å². The van der Waals surface area contributed by atoms with Crippen LogP contribution in [0.25, 0.3) is 0 Å². The average Bonchev–Trinajstić information content (AvgIpc) is 1.98. The highest BCUT2D eigenvalue weighted by molar-refractivity contribution is 5.83. The number of phenolic OH excluding ortho intramolecular Hbond substituents is 1. The van der Waals surface area contributed by atoms with Crippen LogP contribution in [0, 0.1) is 6.92 Å². The Bertz CT molecular complexity index is 281. The lowest BCUT2D eigenvalue weighted by molar-refractivity contribution is 0.474. The molecule has 1 aromatic carbocycles. The Balaban J connectivity index is 3.12. The second kappa shape index (κ2) is 3.05. The van der Waals surface area contributed by atoms with E-state index in [1.165, 1.54) is 6.21 Å². The average molecular weight is 150 g/mol. The van der Waals surface area contributed by atoms with Gasteiger partial charge in [-0.15, -0.1) is 0 Å². The van der Waals surface area contributed by atoms with Crippen molar-refractivity contribution in [2.75, 3.05) is 0 Å². The zero-order valence-corrected chi connectivity index (χ0v) is 6.28. The van der Waals surface area contributed by atoms with Gasteiger partial charge >= 0.3 is 0 Å². The topological polar surface area (TPSA) is 58.6 Å². The summed E-state index contributed by atoms with van der Waals surface area (Å²) in [5.41, 5.74) is 1.71. The fraction of sp³-hybridized carbons (Fsp3) is 0.125. The summed E-state index contributed by atoms with van der Waals surface area (Å²) in [7, 11) is 0. The minimum atomic E-state index is 0.199. The number of aromatic hydroxyl groups is 1. The van der Waals surface area contributed by atoms with Gasteiger partial charge in [-0.25, -0.2) is 0 Å². The number of hydrazone groups is 1. The lowest BCUT2D eigenvalue weighted by Crippen LogP contribution is -1.87. The molecular formula is C8H10N2O. The van der Waals surface area contributed by atoms with Gasteiger partial charge in [0.15, 0.2) is 0 Å². The third-order valence-electron chi connectivity index (χ3n) is 1.40. The predicted molar refractivity (Wildman–Crippen MR) is 44.6 cm³/mol.